The molecule has 5 nitrogen and oxygen atoms in total. The number of hydrogen-bond acceptors (Lipinski definition) is 4. The number of para-hydroxylation sites is 1. The highest BCUT2D eigenvalue weighted by Crippen LogP contribution is 2.27. The van der Waals surface area contributed by atoms with Crippen LogP contribution in [0.4, 0.5) is 11.5 Å². The van der Waals surface area contributed by atoms with Gasteiger partial charge in [-0.05, 0) is 42.5 Å². The van der Waals surface area contributed by atoms with E-state index in [0.29, 0.717) is 27.9 Å². The number of amides is 1. The standard InChI is InChI=1S/C23H31ClN4O/c1-23(2,3)16-28-13-11-18(12-14-28)27(4)20-8-6-5-7-19(20)22(29)26-21-10-9-17(24)15-25-21/h5-10,15,18H,11-14,16H2,1-4H3,(H,25,26,29). The first-order chi connectivity index (χ1) is 13.7. The predicted octanol–water partition coefficient (Wildman–Crippen LogP) is 4.93. The van der Waals surface area contributed by atoms with Crippen LogP contribution >= 0.6 is 11.6 Å². The van der Waals surface area contributed by atoms with Gasteiger partial charge in [-0.2, -0.15) is 0 Å². The summed E-state index contributed by atoms with van der Waals surface area (Å²) in [5.41, 5.74) is 1.93. The van der Waals surface area contributed by atoms with Gasteiger partial charge in [0.15, 0.2) is 0 Å². The third-order valence-corrected chi connectivity index (χ3v) is 5.52. The molecule has 1 amide bonds. The molecule has 1 aromatic carbocycles. The Kier molecular flexibility index (Phi) is 6.81. The van der Waals surface area contributed by atoms with Crippen molar-refractivity contribution in [3.05, 3.63) is 53.2 Å². The van der Waals surface area contributed by atoms with Gasteiger partial charge in [0.05, 0.1) is 10.6 Å². The van der Waals surface area contributed by atoms with E-state index in [1.807, 2.05) is 24.3 Å². The van der Waals surface area contributed by atoms with E-state index in [9.17, 15) is 4.79 Å². The number of nitrogens with zero attached hydrogens (tertiary/aromatic N) is 3. The molecule has 1 aromatic heterocycles. The Hall–Kier alpha value is -2.11. The molecule has 2 aromatic rings. The Bertz CT molecular complexity index is 824. The van der Waals surface area contributed by atoms with Crippen LogP contribution in [0, 0.1) is 5.41 Å². The van der Waals surface area contributed by atoms with Crippen LogP contribution < -0.4 is 10.2 Å². The molecule has 0 atom stereocenters. The zero-order valence-corrected chi connectivity index (χ0v) is 18.5. The maximum absolute atomic E-state index is 12.9. The summed E-state index contributed by atoms with van der Waals surface area (Å²) in [6, 6.07) is 11.6. The second-order valence-electron chi connectivity index (χ2n) is 9.01. The first kappa shape index (κ1) is 21.6. The van der Waals surface area contributed by atoms with Gasteiger partial charge in [-0.15, -0.1) is 0 Å². The number of carbonyl (C=O) groups is 1. The Morgan fingerprint density at radius 1 is 1.21 bits per heavy atom. The first-order valence-electron chi connectivity index (χ1n) is 10.2. The molecule has 2 heterocycles. The zero-order valence-electron chi connectivity index (χ0n) is 17.8. The van der Waals surface area contributed by atoms with E-state index < -0.39 is 0 Å². The fourth-order valence-electron chi connectivity index (χ4n) is 3.94. The molecule has 6 heteroatoms. The molecule has 29 heavy (non-hydrogen) atoms. The highest BCUT2D eigenvalue weighted by Gasteiger charge is 2.27. The number of aromatic nitrogens is 1. The average molecular weight is 415 g/mol. The summed E-state index contributed by atoms with van der Waals surface area (Å²) in [4.78, 5) is 21.9. The molecule has 1 aliphatic rings. The van der Waals surface area contributed by atoms with Crippen LogP contribution in [-0.4, -0.2) is 48.5 Å². The summed E-state index contributed by atoms with van der Waals surface area (Å²) in [6.45, 7) is 10.2. The van der Waals surface area contributed by atoms with E-state index in [4.69, 9.17) is 11.6 Å². The molecule has 3 rings (SSSR count). The number of benzene rings is 1. The van der Waals surface area contributed by atoms with E-state index in [2.05, 4.69) is 47.9 Å². The summed E-state index contributed by atoms with van der Waals surface area (Å²) in [6.07, 6.45) is 3.73. The fraction of sp³-hybridized carbons (Fsp3) is 0.478. The smallest absolute Gasteiger partial charge is 0.258 e. The number of hydrogen-bond donors (Lipinski definition) is 1. The molecular weight excluding hydrogens is 384 g/mol. The van der Waals surface area contributed by atoms with Gasteiger partial charge in [0.25, 0.3) is 5.91 Å². The second-order valence-corrected chi connectivity index (χ2v) is 9.45. The number of halogens is 1. The minimum atomic E-state index is -0.160. The molecule has 1 saturated heterocycles. The Balaban J connectivity index is 1.68. The number of likely N-dealkylation sites (tertiary alicyclic amines) is 1. The van der Waals surface area contributed by atoms with Crippen molar-refractivity contribution in [1.29, 1.82) is 0 Å². The van der Waals surface area contributed by atoms with Crippen molar-refractivity contribution < 1.29 is 4.79 Å². The van der Waals surface area contributed by atoms with Gasteiger partial charge >= 0.3 is 0 Å². The Morgan fingerprint density at radius 3 is 2.52 bits per heavy atom. The monoisotopic (exact) mass is 414 g/mol. The number of rotatable bonds is 5. The zero-order chi connectivity index (χ0) is 21.0. The molecule has 156 valence electrons. The van der Waals surface area contributed by atoms with Crippen LogP contribution in [-0.2, 0) is 0 Å². The summed E-state index contributed by atoms with van der Waals surface area (Å²) < 4.78 is 0. The van der Waals surface area contributed by atoms with Crippen LogP contribution in [0.15, 0.2) is 42.6 Å². The highest BCUT2D eigenvalue weighted by atomic mass is 35.5. The van der Waals surface area contributed by atoms with Crippen LogP contribution in [0.25, 0.3) is 0 Å². The maximum atomic E-state index is 12.9. The van der Waals surface area contributed by atoms with E-state index in [1.54, 1.807) is 12.1 Å². The second kappa shape index (κ2) is 9.14. The SMILES string of the molecule is CN(c1ccccc1C(=O)Nc1ccc(Cl)cn1)C1CCN(CC(C)(C)C)CC1. The third kappa shape index (κ3) is 5.94. The van der Waals surface area contributed by atoms with Gasteiger partial charge in [0, 0.05) is 44.6 Å². The van der Waals surface area contributed by atoms with E-state index in [-0.39, 0.29) is 5.91 Å². The molecule has 0 bridgehead atoms. The average Bonchev–Trinajstić information content (AvgIpc) is 2.68. The van der Waals surface area contributed by atoms with Crippen LogP contribution in [0.5, 0.6) is 0 Å². The van der Waals surface area contributed by atoms with Crippen molar-refractivity contribution in [3.63, 3.8) is 0 Å². The molecule has 0 radical (unpaired) electrons. The topological polar surface area (TPSA) is 48.5 Å². The van der Waals surface area contributed by atoms with Gasteiger partial charge < -0.3 is 15.1 Å². The Morgan fingerprint density at radius 2 is 1.90 bits per heavy atom. The molecule has 1 N–H and O–H groups in total. The van der Waals surface area contributed by atoms with Crippen molar-refractivity contribution in [2.24, 2.45) is 5.41 Å². The number of anilines is 2. The number of pyridine rings is 1. The summed E-state index contributed by atoms with van der Waals surface area (Å²) in [5.74, 6) is 0.333. The quantitative estimate of drug-likeness (QED) is 0.753. The number of piperidine rings is 1. The van der Waals surface area contributed by atoms with Crippen LogP contribution in [0.3, 0.4) is 0 Å². The van der Waals surface area contributed by atoms with Crippen molar-refractivity contribution in [3.8, 4) is 0 Å². The predicted molar refractivity (Wildman–Crippen MR) is 121 cm³/mol. The molecule has 1 fully saturated rings. The molecular formula is C23H31ClN4O. The van der Waals surface area contributed by atoms with Crippen LogP contribution in [0.1, 0.15) is 44.0 Å². The van der Waals surface area contributed by atoms with E-state index in [1.165, 1.54) is 6.20 Å². The maximum Gasteiger partial charge on any atom is 0.258 e. The summed E-state index contributed by atoms with van der Waals surface area (Å²) in [7, 11) is 2.09. The minimum absolute atomic E-state index is 0.160. The van der Waals surface area contributed by atoms with E-state index in [0.717, 1.165) is 38.2 Å². The lowest BCUT2D eigenvalue weighted by Crippen LogP contribution is -2.46. The molecule has 0 saturated carbocycles. The van der Waals surface area contributed by atoms with Gasteiger partial charge in [0.2, 0.25) is 0 Å². The minimum Gasteiger partial charge on any atom is -0.371 e. The van der Waals surface area contributed by atoms with Gasteiger partial charge in [-0.25, -0.2) is 4.98 Å². The largest absolute Gasteiger partial charge is 0.371 e. The third-order valence-electron chi connectivity index (χ3n) is 5.30. The lowest BCUT2D eigenvalue weighted by molar-refractivity contribution is 0.102. The summed E-state index contributed by atoms with van der Waals surface area (Å²) in [5, 5.41) is 3.42. The Labute approximate surface area is 179 Å². The fourth-order valence-corrected chi connectivity index (χ4v) is 4.05. The van der Waals surface area contributed by atoms with Crippen molar-refractivity contribution >= 4 is 29.0 Å². The van der Waals surface area contributed by atoms with E-state index >= 15 is 0 Å². The molecule has 0 unspecified atom stereocenters. The van der Waals surface area contributed by atoms with Crippen molar-refractivity contribution in [1.82, 2.24) is 9.88 Å². The summed E-state index contributed by atoms with van der Waals surface area (Å²) >= 11 is 5.88. The normalized spacial score (nSPS) is 15.9. The lowest BCUT2D eigenvalue weighted by atomic mass is 9.93. The van der Waals surface area contributed by atoms with Crippen molar-refractivity contribution in [2.45, 2.75) is 39.7 Å². The van der Waals surface area contributed by atoms with Crippen LogP contribution in [0.2, 0.25) is 5.02 Å². The van der Waals surface area contributed by atoms with Gasteiger partial charge in [-0.3, -0.25) is 4.79 Å². The first-order valence-corrected chi connectivity index (χ1v) is 10.6. The van der Waals surface area contributed by atoms with Gasteiger partial charge in [-0.1, -0.05) is 44.5 Å². The highest BCUT2D eigenvalue weighted by molar-refractivity contribution is 6.30. The number of nitrogens with one attached hydrogen (secondary N) is 1. The molecule has 0 aliphatic carbocycles. The molecule has 1 aliphatic heterocycles. The molecule has 0 spiro atoms. The van der Waals surface area contributed by atoms with Gasteiger partial charge in [0.1, 0.15) is 5.82 Å². The van der Waals surface area contributed by atoms with Crippen molar-refractivity contribution in [2.75, 3.05) is 36.9 Å². The number of carbonyl (C=O) groups excluding carboxylic acids is 1. The lowest BCUT2D eigenvalue weighted by Gasteiger charge is -2.40.